The number of hydrogen-bond acceptors (Lipinski definition) is 3. The summed E-state index contributed by atoms with van der Waals surface area (Å²) in [5.41, 5.74) is 10.4. The smallest absolute Gasteiger partial charge is 0.190 e. The van der Waals surface area contributed by atoms with Crippen molar-refractivity contribution in [3.8, 4) is 11.3 Å². The molecule has 4 heteroatoms. The van der Waals surface area contributed by atoms with Gasteiger partial charge in [-0.25, -0.2) is 4.99 Å². The highest BCUT2D eigenvalue weighted by molar-refractivity contribution is 7.07. The summed E-state index contributed by atoms with van der Waals surface area (Å²) < 4.78 is 2.27. The standard InChI is InChI=1S/C19H21N3S/c1-15-8-10-16(11-9-15)18-14-23-19(22(18)13-5-12-20)21-17-6-3-2-4-7-17/h2-4,6-11,14H,5,12-13,20H2,1H3. The monoisotopic (exact) mass is 323 g/mol. The van der Waals surface area contributed by atoms with Crippen LogP contribution in [0.3, 0.4) is 0 Å². The normalized spacial score (nSPS) is 11.8. The molecule has 3 nitrogen and oxygen atoms in total. The second-order valence-corrected chi connectivity index (χ2v) is 6.35. The highest BCUT2D eigenvalue weighted by Gasteiger charge is 2.07. The molecule has 0 unspecified atom stereocenters. The molecule has 0 atom stereocenters. The van der Waals surface area contributed by atoms with E-state index in [-0.39, 0.29) is 0 Å². The van der Waals surface area contributed by atoms with Gasteiger partial charge in [0, 0.05) is 11.9 Å². The Morgan fingerprint density at radius 2 is 1.78 bits per heavy atom. The molecule has 3 aromatic rings. The Bertz CT molecular complexity index is 814. The minimum atomic E-state index is 0.682. The van der Waals surface area contributed by atoms with Gasteiger partial charge in [-0.15, -0.1) is 11.3 Å². The third kappa shape index (κ3) is 3.78. The fraction of sp³-hybridized carbons (Fsp3) is 0.211. The summed E-state index contributed by atoms with van der Waals surface area (Å²) in [5.74, 6) is 0. The van der Waals surface area contributed by atoms with Crippen LogP contribution in [0.1, 0.15) is 12.0 Å². The van der Waals surface area contributed by atoms with E-state index >= 15 is 0 Å². The molecule has 2 aromatic carbocycles. The minimum Gasteiger partial charge on any atom is -0.330 e. The zero-order valence-corrected chi connectivity index (χ0v) is 14.1. The zero-order chi connectivity index (χ0) is 16.1. The van der Waals surface area contributed by atoms with Gasteiger partial charge in [-0.1, -0.05) is 48.0 Å². The van der Waals surface area contributed by atoms with Crippen LogP contribution >= 0.6 is 11.3 Å². The molecule has 0 radical (unpaired) electrons. The van der Waals surface area contributed by atoms with E-state index in [4.69, 9.17) is 10.7 Å². The third-order valence-electron chi connectivity index (χ3n) is 3.71. The van der Waals surface area contributed by atoms with Crippen molar-refractivity contribution in [2.24, 2.45) is 10.7 Å². The minimum absolute atomic E-state index is 0.682. The van der Waals surface area contributed by atoms with Gasteiger partial charge in [-0.05, 0) is 37.6 Å². The highest BCUT2D eigenvalue weighted by atomic mass is 32.1. The van der Waals surface area contributed by atoms with E-state index in [1.54, 1.807) is 11.3 Å². The maximum Gasteiger partial charge on any atom is 0.190 e. The van der Waals surface area contributed by atoms with Gasteiger partial charge < -0.3 is 10.3 Å². The summed E-state index contributed by atoms with van der Waals surface area (Å²) in [6, 6.07) is 18.7. The first-order chi connectivity index (χ1) is 11.3. The van der Waals surface area contributed by atoms with E-state index in [1.165, 1.54) is 16.8 Å². The molecule has 2 N–H and O–H groups in total. The van der Waals surface area contributed by atoms with Gasteiger partial charge in [0.15, 0.2) is 4.80 Å². The van der Waals surface area contributed by atoms with Crippen LogP contribution in [0.5, 0.6) is 0 Å². The fourth-order valence-electron chi connectivity index (χ4n) is 2.45. The number of aryl methyl sites for hydroxylation is 1. The first-order valence-electron chi connectivity index (χ1n) is 7.83. The van der Waals surface area contributed by atoms with Crippen molar-refractivity contribution in [1.29, 1.82) is 0 Å². The molecule has 0 aliphatic carbocycles. The molecule has 0 saturated heterocycles. The molecule has 0 fully saturated rings. The van der Waals surface area contributed by atoms with E-state index in [0.29, 0.717) is 6.54 Å². The van der Waals surface area contributed by atoms with Gasteiger partial charge >= 0.3 is 0 Å². The topological polar surface area (TPSA) is 43.3 Å². The Hall–Kier alpha value is -2.17. The van der Waals surface area contributed by atoms with E-state index in [1.807, 2.05) is 30.3 Å². The molecule has 118 valence electrons. The predicted octanol–water partition coefficient (Wildman–Crippen LogP) is 4.11. The molecule has 0 aliphatic heterocycles. The quantitative estimate of drug-likeness (QED) is 0.754. The van der Waals surface area contributed by atoms with Crippen molar-refractivity contribution in [1.82, 2.24) is 4.57 Å². The van der Waals surface area contributed by atoms with E-state index in [9.17, 15) is 0 Å². The number of hydrogen-bond donors (Lipinski definition) is 1. The summed E-state index contributed by atoms with van der Waals surface area (Å²) in [5, 5.41) is 2.18. The summed E-state index contributed by atoms with van der Waals surface area (Å²) >= 11 is 1.68. The van der Waals surface area contributed by atoms with Gasteiger partial charge in [0.05, 0.1) is 11.4 Å². The number of thiazole rings is 1. The molecule has 1 aromatic heterocycles. The van der Waals surface area contributed by atoms with Crippen molar-refractivity contribution in [3.63, 3.8) is 0 Å². The molecule has 0 aliphatic rings. The molecular formula is C19H21N3S. The van der Waals surface area contributed by atoms with Gasteiger partial charge in [0.2, 0.25) is 0 Å². The number of rotatable bonds is 5. The van der Waals surface area contributed by atoms with Gasteiger partial charge in [0.25, 0.3) is 0 Å². The molecule has 1 heterocycles. The Morgan fingerprint density at radius 1 is 1.04 bits per heavy atom. The first-order valence-corrected chi connectivity index (χ1v) is 8.71. The average molecular weight is 323 g/mol. The van der Waals surface area contributed by atoms with Gasteiger partial charge in [-0.2, -0.15) is 0 Å². The predicted molar refractivity (Wildman–Crippen MR) is 97.8 cm³/mol. The lowest BCUT2D eigenvalue weighted by Gasteiger charge is -2.09. The number of benzene rings is 2. The molecular weight excluding hydrogens is 302 g/mol. The molecule has 0 saturated carbocycles. The lowest BCUT2D eigenvalue weighted by molar-refractivity contribution is 0.641. The van der Waals surface area contributed by atoms with Crippen molar-refractivity contribution >= 4 is 17.0 Å². The number of para-hydroxylation sites is 1. The van der Waals surface area contributed by atoms with Crippen LogP contribution in [-0.4, -0.2) is 11.1 Å². The van der Waals surface area contributed by atoms with Crippen LogP contribution in [0.15, 0.2) is 65.0 Å². The maximum absolute atomic E-state index is 5.72. The molecule has 0 spiro atoms. The second kappa shape index (κ2) is 7.40. The van der Waals surface area contributed by atoms with E-state index < -0.39 is 0 Å². The summed E-state index contributed by atoms with van der Waals surface area (Å²) in [4.78, 5) is 5.81. The van der Waals surface area contributed by atoms with Crippen LogP contribution in [0, 0.1) is 6.92 Å². The number of aromatic nitrogens is 1. The Balaban J connectivity index is 2.07. The van der Waals surface area contributed by atoms with Crippen molar-refractivity contribution in [3.05, 3.63) is 70.3 Å². The van der Waals surface area contributed by atoms with Gasteiger partial charge in [-0.3, -0.25) is 0 Å². The number of nitrogens with two attached hydrogens (primary N) is 1. The summed E-state index contributed by atoms with van der Waals surface area (Å²) in [6.45, 7) is 3.67. The Morgan fingerprint density at radius 3 is 2.48 bits per heavy atom. The zero-order valence-electron chi connectivity index (χ0n) is 13.3. The van der Waals surface area contributed by atoms with Crippen LogP contribution in [0.25, 0.3) is 11.3 Å². The van der Waals surface area contributed by atoms with E-state index in [2.05, 4.69) is 41.1 Å². The number of nitrogens with zero attached hydrogens (tertiary/aromatic N) is 2. The molecule has 23 heavy (non-hydrogen) atoms. The lowest BCUT2D eigenvalue weighted by Crippen LogP contribution is -2.18. The van der Waals surface area contributed by atoms with Crippen LogP contribution in [-0.2, 0) is 6.54 Å². The average Bonchev–Trinajstić information content (AvgIpc) is 2.97. The molecule has 3 rings (SSSR count). The van der Waals surface area contributed by atoms with Crippen LogP contribution in [0.4, 0.5) is 5.69 Å². The highest BCUT2D eigenvalue weighted by Crippen LogP contribution is 2.21. The van der Waals surface area contributed by atoms with Crippen LogP contribution < -0.4 is 10.5 Å². The lowest BCUT2D eigenvalue weighted by atomic mass is 10.1. The summed E-state index contributed by atoms with van der Waals surface area (Å²) in [7, 11) is 0. The first kappa shape index (κ1) is 15.7. The molecule has 0 bridgehead atoms. The van der Waals surface area contributed by atoms with Gasteiger partial charge in [0.1, 0.15) is 0 Å². The second-order valence-electron chi connectivity index (χ2n) is 5.51. The van der Waals surface area contributed by atoms with Crippen molar-refractivity contribution in [2.45, 2.75) is 19.9 Å². The van der Waals surface area contributed by atoms with Crippen molar-refractivity contribution < 1.29 is 0 Å². The SMILES string of the molecule is Cc1ccc(-c2csc(=Nc3ccccc3)n2CCCN)cc1. The van der Waals surface area contributed by atoms with E-state index in [0.717, 1.165) is 23.5 Å². The summed E-state index contributed by atoms with van der Waals surface area (Å²) in [6.07, 6.45) is 0.942. The van der Waals surface area contributed by atoms with Crippen LogP contribution in [0.2, 0.25) is 0 Å². The fourth-order valence-corrected chi connectivity index (χ4v) is 3.41. The largest absolute Gasteiger partial charge is 0.330 e. The van der Waals surface area contributed by atoms with Crippen molar-refractivity contribution in [2.75, 3.05) is 6.54 Å². The Labute approximate surface area is 140 Å². The molecule has 0 amide bonds. The Kier molecular flexibility index (Phi) is 5.05. The maximum atomic E-state index is 5.72. The third-order valence-corrected chi connectivity index (χ3v) is 4.58.